The highest BCUT2D eigenvalue weighted by Gasteiger charge is 2.19. The van der Waals surface area contributed by atoms with Crippen molar-refractivity contribution >= 4 is 21.6 Å². The van der Waals surface area contributed by atoms with Gasteiger partial charge in [-0.2, -0.15) is 0 Å². The molecule has 1 saturated heterocycles. The Bertz CT molecular complexity index is 378. The Morgan fingerprint density at radius 2 is 1.89 bits per heavy atom. The first-order valence-corrected chi connectivity index (χ1v) is 7.60. The molecule has 0 saturated carbocycles. The van der Waals surface area contributed by atoms with Gasteiger partial charge in [0.15, 0.2) is 0 Å². The van der Waals surface area contributed by atoms with Crippen molar-refractivity contribution < 1.29 is 4.39 Å². The fraction of sp³-hybridized carbons (Fsp3) is 0.571. The molecule has 2 rings (SSSR count). The number of para-hydroxylation sites is 1. The van der Waals surface area contributed by atoms with E-state index in [2.05, 4.69) is 32.7 Å². The fourth-order valence-electron chi connectivity index (χ4n) is 2.37. The lowest BCUT2D eigenvalue weighted by Gasteiger charge is -2.37. The van der Waals surface area contributed by atoms with Crippen LogP contribution < -0.4 is 4.90 Å². The summed E-state index contributed by atoms with van der Waals surface area (Å²) in [5.74, 6) is 0.560. The van der Waals surface area contributed by atoms with E-state index in [1.165, 1.54) is 6.07 Å². The third-order valence-electron chi connectivity index (χ3n) is 3.40. The summed E-state index contributed by atoms with van der Waals surface area (Å²) >= 11 is 3.51. The minimum Gasteiger partial charge on any atom is -0.367 e. The van der Waals surface area contributed by atoms with E-state index in [4.69, 9.17) is 0 Å². The van der Waals surface area contributed by atoms with E-state index in [1.807, 2.05) is 12.1 Å². The Hall–Kier alpha value is -0.610. The van der Waals surface area contributed by atoms with Gasteiger partial charge in [-0.05, 0) is 18.1 Å². The lowest BCUT2D eigenvalue weighted by molar-refractivity contribution is 0.232. The molecule has 0 amide bonds. The van der Waals surface area contributed by atoms with E-state index >= 15 is 0 Å². The molecule has 0 bridgehead atoms. The van der Waals surface area contributed by atoms with Crippen molar-refractivity contribution in [1.82, 2.24) is 4.90 Å². The SMILES string of the molecule is CC(CBr)CN1CCN(c2ccccc2F)CC1. The molecule has 1 aromatic rings. The molecule has 1 fully saturated rings. The van der Waals surface area contributed by atoms with Gasteiger partial charge < -0.3 is 4.90 Å². The van der Waals surface area contributed by atoms with Crippen LogP contribution in [0.4, 0.5) is 10.1 Å². The Kier molecular flexibility index (Phi) is 5.01. The number of rotatable bonds is 4. The summed E-state index contributed by atoms with van der Waals surface area (Å²) in [7, 11) is 0. The van der Waals surface area contributed by atoms with Crippen LogP contribution in [0.2, 0.25) is 0 Å². The minimum atomic E-state index is -0.111. The molecule has 100 valence electrons. The van der Waals surface area contributed by atoms with Gasteiger partial charge in [0.1, 0.15) is 5.82 Å². The fourth-order valence-corrected chi connectivity index (χ4v) is 2.57. The lowest BCUT2D eigenvalue weighted by Crippen LogP contribution is -2.48. The van der Waals surface area contributed by atoms with Crippen LogP contribution in [0.5, 0.6) is 0 Å². The zero-order valence-electron chi connectivity index (χ0n) is 10.8. The number of hydrogen-bond donors (Lipinski definition) is 0. The molecular weight excluding hydrogens is 295 g/mol. The van der Waals surface area contributed by atoms with Gasteiger partial charge in [-0.25, -0.2) is 4.39 Å². The Labute approximate surface area is 117 Å². The first kappa shape index (κ1) is 13.8. The highest BCUT2D eigenvalue weighted by Crippen LogP contribution is 2.20. The molecule has 1 atom stereocenters. The topological polar surface area (TPSA) is 6.48 Å². The zero-order chi connectivity index (χ0) is 13.0. The van der Waals surface area contributed by atoms with E-state index in [9.17, 15) is 4.39 Å². The maximum Gasteiger partial charge on any atom is 0.146 e. The third-order valence-corrected chi connectivity index (χ3v) is 4.50. The quantitative estimate of drug-likeness (QED) is 0.788. The molecule has 4 heteroatoms. The second-order valence-corrected chi connectivity index (χ2v) is 5.65. The smallest absolute Gasteiger partial charge is 0.146 e. The number of halogens is 2. The monoisotopic (exact) mass is 314 g/mol. The van der Waals surface area contributed by atoms with Crippen molar-refractivity contribution in [3.05, 3.63) is 30.1 Å². The van der Waals surface area contributed by atoms with Crippen LogP contribution in [0.1, 0.15) is 6.92 Å². The molecule has 0 radical (unpaired) electrons. The number of nitrogens with zero attached hydrogens (tertiary/aromatic N) is 2. The summed E-state index contributed by atoms with van der Waals surface area (Å²) < 4.78 is 13.7. The second kappa shape index (κ2) is 6.53. The summed E-state index contributed by atoms with van der Waals surface area (Å²) in [5, 5.41) is 1.04. The van der Waals surface area contributed by atoms with E-state index in [0.29, 0.717) is 5.92 Å². The van der Waals surface area contributed by atoms with Crippen LogP contribution >= 0.6 is 15.9 Å². The van der Waals surface area contributed by atoms with E-state index in [0.717, 1.165) is 43.7 Å². The molecule has 18 heavy (non-hydrogen) atoms. The van der Waals surface area contributed by atoms with Crippen LogP contribution in [-0.2, 0) is 0 Å². The normalized spacial score (nSPS) is 18.9. The van der Waals surface area contributed by atoms with Gasteiger partial charge in [0.25, 0.3) is 0 Å². The predicted molar refractivity (Wildman–Crippen MR) is 78.0 cm³/mol. The highest BCUT2D eigenvalue weighted by atomic mass is 79.9. The molecule has 1 aromatic carbocycles. The average molecular weight is 315 g/mol. The van der Waals surface area contributed by atoms with Crippen molar-refractivity contribution in [2.75, 3.05) is 43.0 Å². The summed E-state index contributed by atoms with van der Waals surface area (Å²) in [6.07, 6.45) is 0. The molecule has 1 aliphatic heterocycles. The number of benzene rings is 1. The summed E-state index contributed by atoms with van der Waals surface area (Å²) in [5.41, 5.74) is 0.741. The van der Waals surface area contributed by atoms with Crippen LogP contribution in [0.15, 0.2) is 24.3 Å². The van der Waals surface area contributed by atoms with Crippen molar-refractivity contribution in [3.63, 3.8) is 0 Å². The van der Waals surface area contributed by atoms with Gasteiger partial charge in [0.2, 0.25) is 0 Å². The molecular formula is C14H20BrFN2. The average Bonchev–Trinajstić information content (AvgIpc) is 2.40. The molecule has 1 unspecified atom stereocenters. The standard InChI is InChI=1S/C14H20BrFN2/c1-12(10-15)11-17-6-8-18(9-7-17)14-5-3-2-4-13(14)16/h2-5,12H,6-11H2,1H3. The first-order valence-electron chi connectivity index (χ1n) is 6.48. The molecule has 1 aliphatic rings. The number of alkyl halides is 1. The highest BCUT2D eigenvalue weighted by molar-refractivity contribution is 9.09. The van der Waals surface area contributed by atoms with Crippen molar-refractivity contribution in [2.45, 2.75) is 6.92 Å². The molecule has 0 aliphatic carbocycles. The number of anilines is 1. The number of hydrogen-bond acceptors (Lipinski definition) is 2. The lowest BCUT2D eigenvalue weighted by atomic mass is 10.2. The van der Waals surface area contributed by atoms with E-state index in [-0.39, 0.29) is 5.82 Å². The largest absolute Gasteiger partial charge is 0.367 e. The Morgan fingerprint density at radius 1 is 1.22 bits per heavy atom. The minimum absolute atomic E-state index is 0.111. The van der Waals surface area contributed by atoms with Gasteiger partial charge in [-0.3, -0.25) is 4.90 Å². The van der Waals surface area contributed by atoms with E-state index < -0.39 is 0 Å². The van der Waals surface area contributed by atoms with Gasteiger partial charge in [-0.1, -0.05) is 35.0 Å². The molecule has 0 aromatic heterocycles. The molecule has 2 nitrogen and oxygen atoms in total. The summed E-state index contributed by atoms with van der Waals surface area (Å²) in [4.78, 5) is 4.61. The Balaban J connectivity index is 1.89. The molecule has 0 spiro atoms. The number of piperazine rings is 1. The van der Waals surface area contributed by atoms with Gasteiger partial charge in [0.05, 0.1) is 5.69 Å². The van der Waals surface area contributed by atoms with Crippen molar-refractivity contribution in [1.29, 1.82) is 0 Å². The Morgan fingerprint density at radius 3 is 2.50 bits per heavy atom. The van der Waals surface area contributed by atoms with Crippen molar-refractivity contribution in [2.24, 2.45) is 5.92 Å². The summed E-state index contributed by atoms with van der Waals surface area (Å²) in [6, 6.07) is 7.05. The maximum atomic E-state index is 13.7. The third kappa shape index (κ3) is 3.45. The predicted octanol–water partition coefficient (Wildman–Crippen LogP) is 2.98. The first-order chi connectivity index (χ1) is 8.70. The van der Waals surface area contributed by atoms with Gasteiger partial charge in [0, 0.05) is 38.1 Å². The zero-order valence-corrected chi connectivity index (χ0v) is 12.4. The van der Waals surface area contributed by atoms with Crippen molar-refractivity contribution in [3.8, 4) is 0 Å². The van der Waals surface area contributed by atoms with Crippen LogP contribution in [0.25, 0.3) is 0 Å². The van der Waals surface area contributed by atoms with Gasteiger partial charge >= 0.3 is 0 Å². The van der Waals surface area contributed by atoms with Crippen LogP contribution in [0, 0.1) is 11.7 Å². The maximum absolute atomic E-state index is 13.7. The van der Waals surface area contributed by atoms with Crippen LogP contribution in [-0.4, -0.2) is 43.0 Å². The van der Waals surface area contributed by atoms with Gasteiger partial charge in [-0.15, -0.1) is 0 Å². The van der Waals surface area contributed by atoms with E-state index in [1.54, 1.807) is 6.07 Å². The molecule has 1 heterocycles. The summed E-state index contributed by atoms with van der Waals surface area (Å²) in [6.45, 7) is 7.23. The van der Waals surface area contributed by atoms with Crippen LogP contribution in [0.3, 0.4) is 0 Å². The molecule has 0 N–H and O–H groups in total. The second-order valence-electron chi connectivity index (χ2n) is 5.00.